The van der Waals surface area contributed by atoms with E-state index in [1.54, 1.807) is 36.7 Å². The van der Waals surface area contributed by atoms with Crippen LogP contribution in [0.5, 0.6) is 5.88 Å². The molecule has 0 spiro atoms. The maximum atomic E-state index is 13.7. The van der Waals surface area contributed by atoms with Crippen molar-refractivity contribution in [2.24, 2.45) is 22.2 Å². The van der Waals surface area contributed by atoms with Crippen molar-refractivity contribution in [2.45, 2.75) is 70.6 Å². The zero-order valence-electron chi connectivity index (χ0n) is 27.8. The third-order valence-corrected chi connectivity index (χ3v) is 10.6. The van der Waals surface area contributed by atoms with Crippen LogP contribution in [0.2, 0.25) is 0 Å². The second kappa shape index (κ2) is 13.5. The molecule has 3 aromatic heterocycles. The monoisotopic (exact) mass is 694 g/mol. The molecule has 3 aliphatic rings. The van der Waals surface area contributed by atoms with Crippen molar-refractivity contribution in [1.82, 2.24) is 29.8 Å². The van der Waals surface area contributed by atoms with Crippen LogP contribution in [-0.2, 0) is 0 Å². The van der Waals surface area contributed by atoms with Crippen molar-refractivity contribution in [3.8, 4) is 11.7 Å². The fraction of sp³-hybridized carbons (Fsp3) is 0.457. The number of fused-ring (bicyclic) bond motifs is 4. The van der Waals surface area contributed by atoms with Crippen LogP contribution in [-0.4, -0.2) is 55.6 Å². The van der Waals surface area contributed by atoms with Crippen LogP contribution in [0.3, 0.4) is 0 Å². The fourth-order valence-electron chi connectivity index (χ4n) is 6.72. The van der Waals surface area contributed by atoms with E-state index < -0.39 is 11.6 Å². The molecule has 260 valence electrons. The SMILES string of the molecule is C=C/C1=N\C(=C)NC(c2ccccn2)CC(C)C2CN(c3nc(-n4ccc(OCCC5(C(F)(F)F)CC5)n4)ccc3C(=O)NS1)C(C)(C)C2. The van der Waals surface area contributed by atoms with Gasteiger partial charge in [0.1, 0.15) is 16.7 Å². The number of aromatic nitrogens is 4. The standard InChI is InChI=1S/C35H41F3N8O2S/c1-6-30-41-23(3)40-27(26-9-7-8-16-39-26)19-22(2)24-20-33(4,5)45(21-24)31-25(32(47)44-49-30)10-11-28(42-31)46-17-12-29(43-46)48-18-15-34(13-14-34)35(36,37)38/h6-12,16-17,22,24,27,40H,1,3,13-15,18-21H2,2,4-5H3,(H,44,47)/b41-30+. The van der Waals surface area contributed by atoms with Gasteiger partial charge in [0, 0.05) is 42.5 Å². The molecule has 49 heavy (non-hydrogen) atoms. The van der Waals surface area contributed by atoms with Gasteiger partial charge in [-0.2, -0.15) is 13.2 Å². The van der Waals surface area contributed by atoms with Gasteiger partial charge in [0.05, 0.1) is 29.3 Å². The molecule has 1 saturated heterocycles. The van der Waals surface area contributed by atoms with Gasteiger partial charge in [-0.3, -0.25) is 14.5 Å². The summed E-state index contributed by atoms with van der Waals surface area (Å²) in [5, 5.41) is 8.34. The molecule has 2 bridgehead atoms. The number of nitrogens with one attached hydrogen (secondary N) is 2. The van der Waals surface area contributed by atoms with E-state index in [0.717, 1.165) is 30.5 Å². The first-order chi connectivity index (χ1) is 23.3. The summed E-state index contributed by atoms with van der Waals surface area (Å²) in [5.74, 6) is 1.74. The zero-order valence-corrected chi connectivity index (χ0v) is 28.7. The summed E-state index contributed by atoms with van der Waals surface area (Å²) in [6, 6.07) is 10.7. The van der Waals surface area contributed by atoms with E-state index in [2.05, 4.69) is 63.9 Å². The topological polar surface area (TPSA) is 110 Å². The Hall–Kier alpha value is -4.33. The number of aliphatic imine (C=N–C) groups is 1. The van der Waals surface area contributed by atoms with Gasteiger partial charge in [0.15, 0.2) is 5.82 Å². The van der Waals surface area contributed by atoms with Crippen molar-refractivity contribution < 1.29 is 22.7 Å². The Bertz CT molecular complexity index is 1740. The van der Waals surface area contributed by atoms with Gasteiger partial charge in [-0.05, 0) is 88.1 Å². The number of hydrogen-bond acceptors (Lipinski definition) is 9. The predicted octanol–water partition coefficient (Wildman–Crippen LogP) is 7.18. The van der Waals surface area contributed by atoms with Gasteiger partial charge in [-0.1, -0.05) is 26.1 Å². The summed E-state index contributed by atoms with van der Waals surface area (Å²) < 4.78 is 50.1. The highest BCUT2D eigenvalue weighted by Crippen LogP contribution is 2.59. The van der Waals surface area contributed by atoms with Crippen LogP contribution >= 0.6 is 11.9 Å². The molecule has 14 heteroatoms. The second-order valence-electron chi connectivity index (χ2n) is 13.7. The number of alkyl halides is 3. The zero-order chi connectivity index (χ0) is 35.0. The Morgan fingerprint density at radius 1 is 1.18 bits per heavy atom. The van der Waals surface area contributed by atoms with E-state index >= 15 is 0 Å². The minimum Gasteiger partial charge on any atom is -0.477 e. The lowest BCUT2D eigenvalue weighted by Crippen LogP contribution is -2.40. The van der Waals surface area contributed by atoms with E-state index in [9.17, 15) is 18.0 Å². The highest BCUT2D eigenvalue weighted by Gasteiger charge is 2.62. The number of carbonyl (C=O) groups excluding carboxylic acids is 1. The number of halogens is 3. The van der Waals surface area contributed by atoms with Gasteiger partial charge in [0.25, 0.3) is 5.91 Å². The first kappa shape index (κ1) is 34.5. The Labute approximate surface area is 288 Å². The van der Waals surface area contributed by atoms with Crippen LogP contribution < -0.4 is 19.7 Å². The van der Waals surface area contributed by atoms with E-state index in [4.69, 9.17) is 9.72 Å². The summed E-state index contributed by atoms with van der Waals surface area (Å²) in [6.07, 6.45) is 2.53. The fourth-order valence-corrected chi connectivity index (χ4v) is 7.27. The third kappa shape index (κ3) is 7.48. The van der Waals surface area contributed by atoms with Crippen LogP contribution in [0.25, 0.3) is 5.82 Å². The minimum absolute atomic E-state index is 0.0897. The summed E-state index contributed by atoms with van der Waals surface area (Å²) >= 11 is 1.03. The molecule has 5 heterocycles. The maximum Gasteiger partial charge on any atom is 0.394 e. The van der Waals surface area contributed by atoms with Crippen molar-refractivity contribution in [3.63, 3.8) is 0 Å². The lowest BCUT2D eigenvalue weighted by molar-refractivity contribution is -0.190. The number of anilines is 1. The lowest BCUT2D eigenvalue weighted by atomic mass is 9.83. The predicted molar refractivity (Wildman–Crippen MR) is 184 cm³/mol. The summed E-state index contributed by atoms with van der Waals surface area (Å²) in [4.78, 5) is 30.1. The molecule has 6 rings (SSSR count). The molecule has 1 saturated carbocycles. The van der Waals surface area contributed by atoms with E-state index in [1.165, 1.54) is 4.68 Å². The molecule has 2 fully saturated rings. The first-order valence-electron chi connectivity index (χ1n) is 16.4. The number of amides is 1. The van der Waals surface area contributed by atoms with Gasteiger partial charge in [-0.25, -0.2) is 14.7 Å². The molecule has 1 aliphatic carbocycles. The molecule has 10 nitrogen and oxygen atoms in total. The van der Waals surface area contributed by atoms with E-state index in [0.29, 0.717) is 34.6 Å². The normalized spacial score (nSPS) is 24.7. The molecular formula is C35H41F3N8O2S. The van der Waals surface area contributed by atoms with Crippen LogP contribution in [0.1, 0.15) is 75.0 Å². The Balaban J connectivity index is 1.30. The summed E-state index contributed by atoms with van der Waals surface area (Å²) in [7, 11) is 0. The Morgan fingerprint density at radius 3 is 2.67 bits per heavy atom. The van der Waals surface area contributed by atoms with Gasteiger partial charge >= 0.3 is 6.18 Å². The second-order valence-corrected chi connectivity index (χ2v) is 14.5. The summed E-state index contributed by atoms with van der Waals surface area (Å²) in [5.41, 5.74) is -0.718. The van der Waals surface area contributed by atoms with Crippen LogP contribution in [0, 0.1) is 17.3 Å². The van der Waals surface area contributed by atoms with Gasteiger partial charge < -0.3 is 15.0 Å². The number of nitrogens with zero attached hydrogens (tertiary/aromatic N) is 6. The lowest BCUT2D eigenvalue weighted by Gasteiger charge is -2.34. The quantitative estimate of drug-likeness (QED) is 0.251. The molecule has 3 atom stereocenters. The van der Waals surface area contributed by atoms with Crippen molar-refractivity contribution in [1.29, 1.82) is 0 Å². The van der Waals surface area contributed by atoms with Gasteiger partial charge in [0.2, 0.25) is 5.88 Å². The number of ether oxygens (including phenoxy) is 1. The number of hydrogen-bond donors (Lipinski definition) is 2. The van der Waals surface area contributed by atoms with Crippen molar-refractivity contribution in [2.75, 3.05) is 18.1 Å². The van der Waals surface area contributed by atoms with Gasteiger partial charge in [-0.15, -0.1) is 5.10 Å². The molecule has 2 aliphatic heterocycles. The number of pyridine rings is 2. The highest BCUT2D eigenvalue weighted by atomic mass is 32.2. The molecule has 2 N–H and O–H groups in total. The van der Waals surface area contributed by atoms with Crippen molar-refractivity contribution >= 4 is 28.7 Å². The highest BCUT2D eigenvalue weighted by molar-refractivity contribution is 8.13. The molecule has 3 unspecified atom stereocenters. The molecule has 1 amide bonds. The smallest absolute Gasteiger partial charge is 0.394 e. The average molecular weight is 695 g/mol. The van der Waals surface area contributed by atoms with E-state index in [-0.39, 0.29) is 61.1 Å². The molecule has 0 radical (unpaired) electrons. The molecular weight excluding hydrogens is 654 g/mol. The van der Waals surface area contributed by atoms with Crippen LogP contribution in [0.15, 0.2) is 78.8 Å². The number of rotatable bonds is 7. The Morgan fingerprint density at radius 2 is 1.98 bits per heavy atom. The maximum absolute atomic E-state index is 13.7. The largest absolute Gasteiger partial charge is 0.477 e. The van der Waals surface area contributed by atoms with Crippen molar-refractivity contribution in [3.05, 3.63) is 85.1 Å². The van der Waals surface area contributed by atoms with Crippen LogP contribution in [0.4, 0.5) is 19.0 Å². The minimum atomic E-state index is -4.23. The number of carbonyl (C=O) groups is 1. The average Bonchev–Trinajstić information content (AvgIpc) is 3.61. The Kier molecular flexibility index (Phi) is 9.53. The van der Waals surface area contributed by atoms with E-state index in [1.807, 2.05) is 18.2 Å². The summed E-state index contributed by atoms with van der Waals surface area (Å²) in [6.45, 7) is 15.1. The molecule has 0 aromatic carbocycles. The first-order valence-corrected chi connectivity index (χ1v) is 17.2. The molecule has 3 aromatic rings. The third-order valence-electron chi connectivity index (χ3n) is 9.82.